The van der Waals surface area contributed by atoms with Crippen molar-refractivity contribution in [2.45, 2.75) is 37.6 Å². The zero-order chi connectivity index (χ0) is 12.8. The maximum atomic E-state index is 6.00. The summed E-state index contributed by atoms with van der Waals surface area (Å²) >= 11 is 0. The van der Waals surface area contributed by atoms with E-state index in [9.17, 15) is 0 Å². The van der Waals surface area contributed by atoms with Crippen molar-refractivity contribution < 1.29 is 0 Å². The Morgan fingerprint density at radius 1 is 1.32 bits per heavy atom. The van der Waals surface area contributed by atoms with Gasteiger partial charge in [-0.05, 0) is 42.2 Å². The molecule has 0 bridgehead atoms. The van der Waals surface area contributed by atoms with E-state index in [4.69, 9.17) is 5.73 Å². The van der Waals surface area contributed by atoms with Crippen LogP contribution in [-0.2, 0) is 6.42 Å². The Hall–Kier alpha value is -1.51. The SMILES string of the molecule is NC(=NCC1CCC1)NC1C2Cc3ccccc3C21. The molecule has 3 heteroatoms. The molecule has 0 radical (unpaired) electrons. The topological polar surface area (TPSA) is 50.4 Å². The van der Waals surface area contributed by atoms with E-state index in [0.29, 0.717) is 17.9 Å². The van der Waals surface area contributed by atoms with Crippen LogP contribution in [-0.4, -0.2) is 18.5 Å². The van der Waals surface area contributed by atoms with Crippen molar-refractivity contribution in [2.24, 2.45) is 22.6 Å². The van der Waals surface area contributed by atoms with Gasteiger partial charge in [-0.1, -0.05) is 30.7 Å². The van der Waals surface area contributed by atoms with E-state index in [1.54, 1.807) is 0 Å². The van der Waals surface area contributed by atoms with Gasteiger partial charge in [0.05, 0.1) is 0 Å². The number of rotatable bonds is 3. The predicted molar refractivity (Wildman–Crippen MR) is 77.1 cm³/mol. The van der Waals surface area contributed by atoms with E-state index in [1.165, 1.54) is 36.8 Å². The van der Waals surface area contributed by atoms with E-state index in [2.05, 4.69) is 34.6 Å². The lowest BCUT2D eigenvalue weighted by molar-refractivity contribution is 0.326. The van der Waals surface area contributed by atoms with Gasteiger partial charge >= 0.3 is 0 Å². The van der Waals surface area contributed by atoms with Crippen molar-refractivity contribution >= 4 is 5.96 Å². The fourth-order valence-electron chi connectivity index (χ4n) is 3.67. The molecule has 0 aliphatic heterocycles. The number of nitrogens with zero attached hydrogens (tertiary/aromatic N) is 1. The molecule has 0 saturated heterocycles. The van der Waals surface area contributed by atoms with Gasteiger partial charge in [-0.2, -0.15) is 0 Å². The lowest BCUT2D eigenvalue weighted by atomic mass is 9.86. The fraction of sp³-hybridized carbons (Fsp3) is 0.562. The molecule has 2 fully saturated rings. The van der Waals surface area contributed by atoms with Crippen LogP contribution in [0.4, 0.5) is 0 Å². The van der Waals surface area contributed by atoms with Gasteiger partial charge in [0.15, 0.2) is 5.96 Å². The molecule has 3 unspecified atom stereocenters. The minimum Gasteiger partial charge on any atom is -0.370 e. The van der Waals surface area contributed by atoms with Crippen LogP contribution in [0.2, 0.25) is 0 Å². The highest BCUT2D eigenvalue weighted by Gasteiger charge is 2.55. The van der Waals surface area contributed by atoms with Gasteiger partial charge < -0.3 is 11.1 Å². The Labute approximate surface area is 114 Å². The highest BCUT2D eigenvalue weighted by atomic mass is 15.1. The quantitative estimate of drug-likeness (QED) is 0.641. The molecule has 3 atom stereocenters. The maximum Gasteiger partial charge on any atom is 0.188 e. The normalized spacial score (nSPS) is 32.4. The molecule has 1 aromatic rings. The molecule has 3 aliphatic rings. The average molecular weight is 255 g/mol. The molecule has 0 spiro atoms. The van der Waals surface area contributed by atoms with E-state index >= 15 is 0 Å². The number of hydrogen-bond donors (Lipinski definition) is 2. The van der Waals surface area contributed by atoms with Crippen LogP contribution < -0.4 is 11.1 Å². The van der Waals surface area contributed by atoms with Gasteiger partial charge in [-0.3, -0.25) is 4.99 Å². The number of hydrogen-bond acceptors (Lipinski definition) is 1. The Bertz CT molecular complexity index is 518. The smallest absolute Gasteiger partial charge is 0.188 e. The van der Waals surface area contributed by atoms with Crippen molar-refractivity contribution in [1.29, 1.82) is 0 Å². The first-order valence-electron chi connectivity index (χ1n) is 7.47. The monoisotopic (exact) mass is 255 g/mol. The third-order valence-electron chi connectivity index (χ3n) is 5.10. The van der Waals surface area contributed by atoms with Crippen LogP contribution in [0.25, 0.3) is 0 Å². The van der Waals surface area contributed by atoms with E-state index < -0.39 is 0 Å². The molecule has 3 N–H and O–H groups in total. The third kappa shape index (κ3) is 1.92. The zero-order valence-corrected chi connectivity index (χ0v) is 11.2. The van der Waals surface area contributed by atoms with Gasteiger partial charge in [-0.25, -0.2) is 0 Å². The Balaban J connectivity index is 1.36. The largest absolute Gasteiger partial charge is 0.370 e. The van der Waals surface area contributed by atoms with Crippen molar-refractivity contribution in [3.8, 4) is 0 Å². The summed E-state index contributed by atoms with van der Waals surface area (Å²) in [5.74, 6) is 2.87. The lowest BCUT2D eigenvalue weighted by Gasteiger charge is -2.23. The number of nitrogens with one attached hydrogen (secondary N) is 1. The molecular formula is C16H21N3. The van der Waals surface area contributed by atoms with Gasteiger partial charge in [0.1, 0.15) is 0 Å². The Kier molecular flexibility index (Phi) is 2.54. The molecule has 100 valence electrons. The Morgan fingerprint density at radius 2 is 2.16 bits per heavy atom. The molecule has 0 heterocycles. The van der Waals surface area contributed by atoms with Crippen LogP contribution >= 0.6 is 0 Å². The number of nitrogens with two attached hydrogens (primary N) is 1. The van der Waals surface area contributed by atoms with Crippen LogP contribution in [0, 0.1) is 11.8 Å². The standard InChI is InChI=1S/C16H21N3/c17-16(18-9-10-4-3-5-10)19-15-13-8-11-6-1-2-7-12(11)14(13)15/h1-2,6-7,10,13-15H,3-5,8-9H2,(H3,17,18,19). The summed E-state index contributed by atoms with van der Waals surface area (Å²) in [6.45, 7) is 0.914. The summed E-state index contributed by atoms with van der Waals surface area (Å²) in [7, 11) is 0. The molecule has 4 rings (SSSR count). The first kappa shape index (κ1) is 11.3. The van der Waals surface area contributed by atoms with Crippen LogP contribution in [0.1, 0.15) is 36.3 Å². The third-order valence-corrected chi connectivity index (χ3v) is 5.10. The van der Waals surface area contributed by atoms with E-state index in [-0.39, 0.29) is 0 Å². The summed E-state index contributed by atoms with van der Waals surface area (Å²) in [6.07, 6.45) is 5.24. The summed E-state index contributed by atoms with van der Waals surface area (Å²) in [5, 5.41) is 3.43. The molecule has 0 amide bonds. The van der Waals surface area contributed by atoms with Crippen molar-refractivity contribution in [3.05, 3.63) is 35.4 Å². The van der Waals surface area contributed by atoms with Crippen molar-refractivity contribution in [2.75, 3.05) is 6.54 Å². The molecule has 2 saturated carbocycles. The first-order valence-corrected chi connectivity index (χ1v) is 7.47. The second-order valence-electron chi connectivity index (χ2n) is 6.29. The minimum atomic E-state index is 0.528. The van der Waals surface area contributed by atoms with Crippen LogP contribution in [0.15, 0.2) is 29.3 Å². The summed E-state index contributed by atoms with van der Waals surface area (Å²) in [6, 6.07) is 9.33. The predicted octanol–water partition coefficient (Wildman–Crippen LogP) is 2.03. The Morgan fingerprint density at radius 3 is 2.95 bits per heavy atom. The minimum absolute atomic E-state index is 0.528. The highest BCUT2D eigenvalue weighted by molar-refractivity contribution is 5.79. The number of guanidine groups is 1. The molecule has 0 aromatic heterocycles. The molecule has 3 aliphatic carbocycles. The van der Waals surface area contributed by atoms with Gasteiger partial charge in [0.25, 0.3) is 0 Å². The van der Waals surface area contributed by atoms with E-state index in [1.807, 2.05) is 0 Å². The summed E-state index contributed by atoms with van der Waals surface area (Å²) in [4.78, 5) is 4.49. The highest BCUT2D eigenvalue weighted by Crippen LogP contribution is 2.56. The molecular weight excluding hydrogens is 234 g/mol. The first-order chi connectivity index (χ1) is 9.33. The van der Waals surface area contributed by atoms with Gasteiger partial charge in [0.2, 0.25) is 0 Å². The second kappa shape index (κ2) is 4.26. The number of aliphatic imine (C=N–C) groups is 1. The van der Waals surface area contributed by atoms with Crippen molar-refractivity contribution in [3.63, 3.8) is 0 Å². The molecule has 3 nitrogen and oxygen atoms in total. The summed E-state index contributed by atoms with van der Waals surface area (Å²) in [5.41, 5.74) is 9.06. The van der Waals surface area contributed by atoms with Crippen LogP contribution in [0.3, 0.4) is 0 Å². The molecule has 1 aromatic carbocycles. The average Bonchev–Trinajstić information content (AvgIpc) is 2.86. The lowest BCUT2D eigenvalue weighted by Crippen LogP contribution is -2.36. The van der Waals surface area contributed by atoms with Gasteiger partial charge in [0, 0.05) is 18.5 Å². The van der Waals surface area contributed by atoms with Crippen molar-refractivity contribution in [1.82, 2.24) is 5.32 Å². The number of fused-ring (bicyclic) bond motifs is 3. The zero-order valence-electron chi connectivity index (χ0n) is 11.2. The van der Waals surface area contributed by atoms with Gasteiger partial charge in [-0.15, -0.1) is 0 Å². The molecule has 19 heavy (non-hydrogen) atoms. The van der Waals surface area contributed by atoms with E-state index in [0.717, 1.165) is 18.4 Å². The maximum absolute atomic E-state index is 6.00. The summed E-state index contributed by atoms with van der Waals surface area (Å²) < 4.78 is 0. The second-order valence-corrected chi connectivity index (χ2v) is 6.29. The van der Waals surface area contributed by atoms with Crippen LogP contribution in [0.5, 0.6) is 0 Å². The fourth-order valence-corrected chi connectivity index (χ4v) is 3.67. The number of benzene rings is 1.